The first-order valence-corrected chi connectivity index (χ1v) is 8.20. The second-order valence-electron chi connectivity index (χ2n) is 5.88. The molecule has 0 amide bonds. The molecular formula is C16H27N5O2. The second-order valence-corrected chi connectivity index (χ2v) is 5.88. The average Bonchev–Trinajstić information content (AvgIpc) is 3.18. The number of unbranched alkanes of at least 4 members (excludes halogenated alkanes) is 1. The maximum Gasteiger partial charge on any atom is 0.0862 e. The number of rotatable bonds is 11. The lowest BCUT2D eigenvalue weighted by atomic mass is 10.2. The van der Waals surface area contributed by atoms with Crippen LogP contribution in [0, 0.1) is 0 Å². The van der Waals surface area contributed by atoms with Crippen LogP contribution in [0.25, 0.3) is 0 Å². The third kappa shape index (κ3) is 6.52. The van der Waals surface area contributed by atoms with Crippen LogP contribution in [0.1, 0.15) is 19.8 Å². The predicted molar refractivity (Wildman–Crippen MR) is 87.8 cm³/mol. The predicted octanol–water partition coefficient (Wildman–Crippen LogP) is 0.604. The summed E-state index contributed by atoms with van der Waals surface area (Å²) in [5.74, 6) is 0. The Labute approximate surface area is 137 Å². The summed E-state index contributed by atoms with van der Waals surface area (Å²) in [5.41, 5.74) is 0. The molecule has 0 unspecified atom stereocenters. The van der Waals surface area contributed by atoms with Crippen molar-refractivity contribution in [3.05, 3.63) is 36.9 Å². The van der Waals surface area contributed by atoms with Gasteiger partial charge in [0.1, 0.15) is 0 Å². The summed E-state index contributed by atoms with van der Waals surface area (Å²) < 4.78 is 3.45. The lowest BCUT2D eigenvalue weighted by molar-refractivity contribution is 0.0526. The molecule has 0 saturated heterocycles. The average molecular weight is 321 g/mol. The van der Waals surface area contributed by atoms with Gasteiger partial charge in [-0.25, -0.2) is 0 Å². The minimum Gasteiger partial charge on any atom is -0.390 e. The van der Waals surface area contributed by atoms with E-state index in [-0.39, 0.29) is 0 Å². The first kappa shape index (κ1) is 17.7. The summed E-state index contributed by atoms with van der Waals surface area (Å²) in [6, 6.07) is 3.69. The van der Waals surface area contributed by atoms with E-state index >= 15 is 0 Å². The van der Waals surface area contributed by atoms with Crippen molar-refractivity contribution >= 4 is 0 Å². The van der Waals surface area contributed by atoms with Gasteiger partial charge in [-0.15, -0.1) is 0 Å². The Morgan fingerprint density at radius 1 is 0.957 bits per heavy atom. The summed E-state index contributed by atoms with van der Waals surface area (Å²) in [7, 11) is 0. The summed E-state index contributed by atoms with van der Waals surface area (Å²) >= 11 is 0. The maximum atomic E-state index is 10.3. The zero-order valence-electron chi connectivity index (χ0n) is 13.7. The molecule has 128 valence electrons. The quantitative estimate of drug-likeness (QED) is 0.634. The molecule has 23 heavy (non-hydrogen) atoms. The molecule has 0 aliphatic heterocycles. The van der Waals surface area contributed by atoms with Crippen LogP contribution in [0.2, 0.25) is 0 Å². The van der Waals surface area contributed by atoms with Gasteiger partial charge in [-0.05, 0) is 25.1 Å². The highest BCUT2D eigenvalue weighted by Gasteiger charge is 2.16. The molecule has 2 N–H and O–H groups in total. The van der Waals surface area contributed by atoms with Crippen LogP contribution in [-0.2, 0) is 13.1 Å². The molecule has 2 rings (SSSR count). The molecule has 0 bridgehead atoms. The Morgan fingerprint density at radius 3 is 1.87 bits per heavy atom. The van der Waals surface area contributed by atoms with Crippen molar-refractivity contribution in [1.29, 1.82) is 0 Å². The molecule has 2 aromatic heterocycles. The van der Waals surface area contributed by atoms with Gasteiger partial charge >= 0.3 is 0 Å². The first-order valence-electron chi connectivity index (χ1n) is 8.20. The van der Waals surface area contributed by atoms with Gasteiger partial charge in [0, 0.05) is 37.9 Å². The summed E-state index contributed by atoms with van der Waals surface area (Å²) in [4.78, 5) is 2.12. The topological polar surface area (TPSA) is 79.3 Å². The van der Waals surface area contributed by atoms with Crippen molar-refractivity contribution in [2.24, 2.45) is 0 Å². The molecule has 0 radical (unpaired) electrons. The van der Waals surface area contributed by atoms with Crippen molar-refractivity contribution < 1.29 is 10.2 Å². The molecule has 0 aliphatic carbocycles. The highest BCUT2D eigenvalue weighted by atomic mass is 16.3. The highest BCUT2D eigenvalue weighted by molar-refractivity contribution is 4.80. The Kier molecular flexibility index (Phi) is 7.25. The van der Waals surface area contributed by atoms with Crippen molar-refractivity contribution in [1.82, 2.24) is 24.5 Å². The molecule has 2 aromatic rings. The van der Waals surface area contributed by atoms with Crippen LogP contribution in [0.3, 0.4) is 0 Å². The lowest BCUT2D eigenvalue weighted by Crippen LogP contribution is -2.41. The van der Waals surface area contributed by atoms with Crippen LogP contribution >= 0.6 is 0 Å². The third-order valence-corrected chi connectivity index (χ3v) is 3.68. The molecule has 0 fully saturated rings. The fourth-order valence-electron chi connectivity index (χ4n) is 2.60. The summed E-state index contributed by atoms with van der Waals surface area (Å²) in [6.45, 7) is 4.98. The van der Waals surface area contributed by atoms with E-state index in [2.05, 4.69) is 22.0 Å². The third-order valence-electron chi connectivity index (χ3n) is 3.68. The minimum absolute atomic E-state index is 0.463. The Bertz CT molecular complexity index is 470. The molecule has 2 heterocycles. The van der Waals surface area contributed by atoms with E-state index in [9.17, 15) is 10.2 Å². The Morgan fingerprint density at radius 2 is 1.48 bits per heavy atom. The fourth-order valence-corrected chi connectivity index (χ4v) is 2.60. The number of aliphatic hydroxyl groups excluding tert-OH is 2. The van der Waals surface area contributed by atoms with Crippen LogP contribution in [0.15, 0.2) is 36.9 Å². The van der Waals surface area contributed by atoms with Crippen molar-refractivity contribution in [3.63, 3.8) is 0 Å². The smallest absolute Gasteiger partial charge is 0.0862 e. The van der Waals surface area contributed by atoms with Gasteiger partial charge in [0.2, 0.25) is 0 Å². The Hall–Kier alpha value is -1.70. The number of hydrogen-bond acceptors (Lipinski definition) is 5. The van der Waals surface area contributed by atoms with Crippen LogP contribution in [0.5, 0.6) is 0 Å². The molecule has 7 nitrogen and oxygen atoms in total. The van der Waals surface area contributed by atoms with E-state index in [1.165, 1.54) is 0 Å². The monoisotopic (exact) mass is 321 g/mol. The van der Waals surface area contributed by atoms with E-state index in [0.717, 1.165) is 19.4 Å². The van der Waals surface area contributed by atoms with Gasteiger partial charge in [-0.3, -0.25) is 14.3 Å². The number of aromatic nitrogens is 4. The van der Waals surface area contributed by atoms with E-state index in [1.807, 2.05) is 24.5 Å². The summed E-state index contributed by atoms with van der Waals surface area (Å²) in [5, 5.41) is 28.7. The van der Waals surface area contributed by atoms with Gasteiger partial charge in [0.15, 0.2) is 0 Å². The van der Waals surface area contributed by atoms with Gasteiger partial charge in [0.05, 0.1) is 25.3 Å². The zero-order chi connectivity index (χ0) is 16.5. The van der Waals surface area contributed by atoms with Crippen molar-refractivity contribution in [2.45, 2.75) is 45.1 Å². The van der Waals surface area contributed by atoms with Gasteiger partial charge in [-0.1, -0.05) is 13.3 Å². The molecule has 0 saturated carbocycles. The highest BCUT2D eigenvalue weighted by Crippen LogP contribution is 2.03. The number of aliphatic hydroxyl groups is 2. The maximum absolute atomic E-state index is 10.3. The molecule has 0 aromatic carbocycles. The van der Waals surface area contributed by atoms with Gasteiger partial charge in [0.25, 0.3) is 0 Å². The molecule has 0 aliphatic rings. The van der Waals surface area contributed by atoms with Gasteiger partial charge in [-0.2, -0.15) is 10.2 Å². The minimum atomic E-state index is -0.511. The van der Waals surface area contributed by atoms with E-state index in [0.29, 0.717) is 26.2 Å². The first-order chi connectivity index (χ1) is 11.2. The van der Waals surface area contributed by atoms with Crippen LogP contribution in [0.4, 0.5) is 0 Å². The van der Waals surface area contributed by atoms with E-state index < -0.39 is 12.2 Å². The van der Waals surface area contributed by atoms with Gasteiger partial charge < -0.3 is 10.2 Å². The largest absolute Gasteiger partial charge is 0.390 e. The van der Waals surface area contributed by atoms with Crippen molar-refractivity contribution in [2.75, 3.05) is 19.6 Å². The normalized spacial score (nSPS) is 14.3. The number of nitrogens with zero attached hydrogens (tertiary/aromatic N) is 5. The molecule has 2 atom stereocenters. The number of hydrogen-bond donors (Lipinski definition) is 2. The standard InChI is InChI=1S/C16H27N5O2/c1-2-3-8-19(11-15(22)13-20-9-4-6-17-20)12-16(23)14-21-10-5-7-18-21/h4-7,9-10,15-16,22-23H,2-3,8,11-14H2,1H3/t15-,16-/m1/s1. The van der Waals surface area contributed by atoms with Crippen LogP contribution < -0.4 is 0 Å². The lowest BCUT2D eigenvalue weighted by Gasteiger charge is -2.27. The molecule has 0 spiro atoms. The Balaban J connectivity index is 1.82. The molecular weight excluding hydrogens is 294 g/mol. The SMILES string of the molecule is CCCCN(C[C@@H](O)Cn1cccn1)C[C@@H](O)Cn1cccn1. The zero-order valence-corrected chi connectivity index (χ0v) is 13.7. The van der Waals surface area contributed by atoms with Crippen molar-refractivity contribution in [3.8, 4) is 0 Å². The second kappa shape index (κ2) is 9.44. The van der Waals surface area contributed by atoms with Crippen LogP contribution in [-0.4, -0.2) is 66.5 Å². The fraction of sp³-hybridized carbons (Fsp3) is 0.625. The van der Waals surface area contributed by atoms with E-state index in [4.69, 9.17) is 0 Å². The summed E-state index contributed by atoms with van der Waals surface area (Å²) in [6.07, 6.45) is 8.19. The van der Waals surface area contributed by atoms with E-state index in [1.54, 1.807) is 21.8 Å². The molecule has 7 heteroatoms.